The summed E-state index contributed by atoms with van der Waals surface area (Å²) in [6.45, 7) is 2.59. The molecule has 1 aliphatic rings. The average molecular weight is 377 g/mol. The number of carbonyl (C=O) groups excluding carboxylic acids is 2. The summed E-state index contributed by atoms with van der Waals surface area (Å²) in [7, 11) is 0. The maximum Gasteiger partial charge on any atom is 0.229 e. The molecule has 0 spiro atoms. The Morgan fingerprint density at radius 2 is 2.12 bits per heavy atom. The van der Waals surface area contributed by atoms with E-state index < -0.39 is 11.7 Å². The molecule has 0 radical (unpaired) electrons. The molecule has 2 aromatic carbocycles. The quantitative estimate of drug-likeness (QED) is 0.861. The smallest absolute Gasteiger partial charge is 0.229 e. The molecule has 1 heterocycles. The zero-order valence-electron chi connectivity index (χ0n) is 14.2. The van der Waals surface area contributed by atoms with Crippen LogP contribution >= 0.6 is 11.6 Å². The lowest BCUT2D eigenvalue weighted by Crippen LogP contribution is -2.28. The first kappa shape index (κ1) is 18.2. The third-order valence-electron chi connectivity index (χ3n) is 4.14. The maximum absolute atomic E-state index is 13.1. The van der Waals surface area contributed by atoms with Crippen molar-refractivity contribution in [2.75, 3.05) is 23.4 Å². The van der Waals surface area contributed by atoms with Crippen LogP contribution in [0.15, 0.2) is 42.5 Å². The lowest BCUT2D eigenvalue weighted by Gasteiger charge is -2.20. The van der Waals surface area contributed by atoms with E-state index in [1.165, 1.54) is 12.1 Å². The predicted molar refractivity (Wildman–Crippen MR) is 98.1 cm³/mol. The Kier molecular flexibility index (Phi) is 5.42. The molecule has 1 unspecified atom stereocenters. The molecule has 0 saturated carbocycles. The second kappa shape index (κ2) is 7.74. The Balaban J connectivity index is 1.74. The number of carbonyl (C=O) groups is 2. The fraction of sp³-hybridized carbons (Fsp3) is 0.263. The van der Waals surface area contributed by atoms with Gasteiger partial charge >= 0.3 is 0 Å². The van der Waals surface area contributed by atoms with Gasteiger partial charge in [-0.2, -0.15) is 0 Å². The lowest BCUT2D eigenvalue weighted by molar-refractivity contribution is -0.122. The monoisotopic (exact) mass is 376 g/mol. The Labute approximate surface area is 155 Å². The number of hydrogen-bond acceptors (Lipinski definition) is 3. The summed E-state index contributed by atoms with van der Waals surface area (Å²) >= 11 is 5.94. The minimum absolute atomic E-state index is 0.0884. The number of halogens is 2. The highest BCUT2D eigenvalue weighted by Crippen LogP contribution is 2.33. The van der Waals surface area contributed by atoms with Crippen LogP contribution in [0.5, 0.6) is 5.75 Å². The number of anilines is 2. The summed E-state index contributed by atoms with van der Waals surface area (Å²) in [6, 6.07) is 11.0. The van der Waals surface area contributed by atoms with Crippen molar-refractivity contribution in [1.29, 1.82) is 0 Å². The fourth-order valence-corrected chi connectivity index (χ4v) is 3.11. The molecular formula is C19H18ClFN2O3. The van der Waals surface area contributed by atoms with Crippen LogP contribution in [-0.2, 0) is 9.59 Å². The van der Waals surface area contributed by atoms with Gasteiger partial charge in [0.1, 0.15) is 11.6 Å². The minimum Gasteiger partial charge on any atom is -0.492 e. The molecule has 1 aliphatic heterocycles. The standard InChI is InChI=1S/C19H18ClFN2O3/c1-2-26-17-6-4-3-5-16(17)23-11-12(9-18(23)24)19(25)22-15-8-7-13(21)10-14(15)20/h3-8,10,12H,2,9,11H2,1H3,(H,22,25). The lowest BCUT2D eigenvalue weighted by atomic mass is 10.1. The summed E-state index contributed by atoms with van der Waals surface area (Å²) in [5.41, 5.74) is 0.966. The Hall–Kier alpha value is -2.60. The van der Waals surface area contributed by atoms with E-state index in [0.29, 0.717) is 23.7 Å². The highest BCUT2D eigenvalue weighted by atomic mass is 35.5. The molecule has 0 bridgehead atoms. The van der Waals surface area contributed by atoms with Crippen LogP contribution in [0, 0.1) is 11.7 Å². The van der Waals surface area contributed by atoms with Crippen molar-refractivity contribution >= 4 is 34.8 Å². The van der Waals surface area contributed by atoms with Crippen LogP contribution in [-0.4, -0.2) is 25.0 Å². The van der Waals surface area contributed by atoms with Gasteiger partial charge < -0.3 is 15.0 Å². The van der Waals surface area contributed by atoms with Crippen molar-refractivity contribution in [1.82, 2.24) is 0 Å². The number of hydrogen-bond donors (Lipinski definition) is 1. The molecule has 1 N–H and O–H groups in total. The third kappa shape index (κ3) is 3.80. The van der Waals surface area contributed by atoms with Crippen LogP contribution in [0.25, 0.3) is 0 Å². The third-order valence-corrected chi connectivity index (χ3v) is 4.45. The second-order valence-electron chi connectivity index (χ2n) is 5.92. The first-order valence-corrected chi connectivity index (χ1v) is 8.65. The van der Waals surface area contributed by atoms with E-state index in [2.05, 4.69) is 5.32 Å². The fourth-order valence-electron chi connectivity index (χ4n) is 2.90. The van der Waals surface area contributed by atoms with Gasteiger partial charge in [0, 0.05) is 13.0 Å². The molecule has 26 heavy (non-hydrogen) atoms. The van der Waals surface area contributed by atoms with E-state index in [9.17, 15) is 14.0 Å². The number of ether oxygens (including phenoxy) is 1. The average Bonchev–Trinajstić information content (AvgIpc) is 3.00. The predicted octanol–water partition coefficient (Wildman–Crippen LogP) is 3.87. The number of nitrogens with one attached hydrogen (secondary N) is 1. The molecule has 2 aromatic rings. The van der Waals surface area contributed by atoms with Crippen LogP contribution < -0.4 is 15.0 Å². The molecule has 1 atom stereocenters. The Bertz CT molecular complexity index is 843. The van der Waals surface area contributed by atoms with Crippen molar-refractivity contribution in [3.05, 3.63) is 53.3 Å². The van der Waals surface area contributed by atoms with Crippen molar-refractivity contribution in [2.24, 2.45) is 5.92 Å². The van der Waals surface area contributed by atoms with E-state index in [0.717, 1.165) is 6.07 Å². The molecule has 0 aliphatic carbocycles. The maximum atomic E-state index is 13.1. The molecule has 7 heteroatoms. The van der Waals surface area contributed by atoms with Crippen LogP contribution in [0.3, 0.4) is 0 Å². The molecule has 136 valence electrons. The van der Waals surface area contributed by atoms with Gasteiger partial charge in [-0.05, 0) is 37.3 Å². The van der Waals surface area contributed by atoms with Gasteiger partial charge in [0.25, 0.3) is 0 Å². The topological polar surface area (TPSA) is 58.6 Å². The summed E-state index contributed by atoms with van der Waals surface area (Å²) in [5.74, 6) is -0.891. The first-order valence-electron chi connectivity index (χ1n) is 8.27. The van der Waals surface area contributed by atoms with Crippen molar-refractivity contribution in [3.8, 4) is 5.75 Å². The zero-order valence-corrected chi connectivity index (χ0v) is 14.9. The number of benzene rings is 2. The molecule has 0 aromatic heterocycles. The van der Waals surface area contributed by atoms with Gasteiger partial charge in [0.05, 0.1) is 28.9 Å². The highest BCUT2D eigenvalue weighted by molar-refractivity contribution is 6.33. The molecular weight excluding hydrogens is 359 g/mol. The van der Waals surface area contributed by atoms with Crippen LogP contribution in [0.4, 0.5) is 15.8 Å². The number of nitrogens with zero attached hydrogens (tertiary/aromatic N) is 1. The van der Waals surface area contributed by atoms with E-state index in [4.69, 9.17) is 16.3 Å². The van der Waals surface area contributed by atoms with Gasteiger partial charge in [-0.25, -0.2) is 4.39 Å². The summed E-state index contributed by atoms with van der Waals surface area (Å²) in [5, 5.41) is 2.78. The molecule has 1 fully saturated rings. The normalized spacial score (nSPS) is 16.7. The van der Waals surface area contributed by atoms with E-state index in [1.807, 2.05) is 19.1 Å². The van der Waals surface area contributed by atoms with Gasteiger partial charge in [0.2, 0.25) is 11.8 Å². The number of amides is 2. The molecule has 5 nitrogen and oxygen atoms in total. The van der Waals surface area contributed by atoms with E-state index >= 15 is 0 Å². The van der Waals surface area contributed by atoms with Gasteiger partial charge in [-0.1, -0.05) is 23.7 Å². The Morgan fingerprint density at radius 1 is 1.35 bits per heavy atom. The van der Waals surface area contributed by atoms with Gasteiger partial charge in [0.15, 0.2) is 0 Å². The highest BCUT2D eigenvalue weighted by Gasteiger charge is 2.36. The molecule has 1 saturated heterocycles. The molecule has 3 rings (SSSR count). The first-order chi connectivity index (χ1) is 12.5. The van der Waals surface area contributed by atoms with Gasteiger partial charge in [-0.3, -0.25) is 9.59 Å². The van der Waals surface area contributed by atoms with E-state index in [1.54, 1.807) is 17.0 Å². The van der Waals surface area contributed by atoms with Crippen molar-refractivity contribution in [3.63, 3.8) is 0 Å². The minimum atomic E-state index is -0.529. The zero-order chi connectivity index (χ0) is 18.7. The Morgan fingerprint density at radius 3 is 2.85 bits per heavy atom. The second-order valence-corrected chi connectivity index (χ2v) is 6.33. The van der Waals surface area contributed by atoms with Crippen molar-refractivity contribution < 1.29 is 18.7 Å². The van der Waals surface area contributed by atoms with Gasteiger partial charge in [-0.15, -0.1) is 0 Å². The SMILES string of the molecule is CCOc1ccccc1N1CC(C(=O)Nc2ccc(F)cc2Cl)CC1=O. The number of rotatable bonds is 5. The summed E-state index contributed by atoms with van der Waals surface area (Å²) < 4.78 is 18.7. The van der Waals surface area contributed by atoms with Crippen LogP contribution in [0.2, 0.25) is 5.02 Å². The van der Waals surface area contributed by atoms with E-state index in [-0.39, 0.29) is 29.8 Å². The largest absolute Gasteiger partial charge is 0.492 e. The van der Waals surface area contributed by atoms with Crippen LogP contribution in [0.1, 0.15) is 13.3 Å². The number of para-hydroxylation sites is 2. The molecule has 2 amide bonds. The summed E-state index contributed by atoms with van der Waals surface area (Å²) in [4.78, 5) is 26.5. The van der Waals surface area contributed by atoms with Crippen molar-refractivity contribution in [2.45, 2.75) is 13.3 Å². The summed E-state index contributed by atoms with van der Waals surface area (Å²) in [6.07, 6.45) is 0.0884.